The molecule has 13 heteroatoms. The molecule has 13 nitrogen and oxygen atoms in total. The number of hydrogen-bond acceptors (Lipinski definition) is 10. The van der Waals surface area contributed by atoms with Gasteiger partial charge < -0.3 is 14.8 Å². The van der Waals surface area contributed by atoms with Gasteiger partial charge in [-0.15, -0.1) is 0 Å². The number of nitrogens with one attached hydrogen (secondary N) is 1. The highest BCUT2D eigenvalue weighted by Gasteiger charge is 2.46. The third-order valence-corrected chi connectivity index (χ3v) is 10.9. The van der Waals surface area contributed by atoms with Crippen LogP contribution in [0.3, 0.4) is 0 Å². The van der Waals surface area contributed by atoms with Crippen molar-refractivity contribution in [1.82, 2.24) is 45.0 Å². The van der Waals surface area contributed by atoms with Gasteiger partial charge in [-0.05, 0) is 92.6 Å². The number of unbranched alkanes of at least 4 members (excludes halogenated alkanes) is 2. The molecule has 0 aliphatic carbocycles. The Morgan fingerprint density at radius 2 is 1.48 bits per heavy atom. The highest BCUT2D eigenvalue weighted by Crippen LogP contribution is 2.43. The molecule has 0 unspecified atom stereocenters. The quantitative estimate of drug-likeness (QED) is 0.0936. The summed E-state index contributed by atoms with van der Waals surface area (Å²) in [6, 6.07) is 31.3. The molecule has 0 bridgehead atoms. The maximum absolute atomic E-state index is 15.2. The van der Waals surface area contributed by atoms with Crippen LogP contribution in [0.2, 0.25) is 0 Å². The minimum Gasteiger partial charge on any atom is -0.493 e. The van der Waals surface area contributed by atoms with E-state index in [1.165, 1.54) is 11.1 Å². The summed E-state index contributed by atoms with van der Waals surface area (Å²) in [5, 5.41) is 7.60. The molecule has 1 N–H and O–H groups in total. The van der Waals surface area contributed by atoms with E-state index in [9.17, 15) is 0 Å². The SMILES string of the molecule is CCC[CH][C@@](c1ccccc1)(c1ccc2ncc(-c3ccc(OC)c(OC)c3)nc2n1)N(C(=O)NCCCCc1ccc(C)cc1)c1ccc2ncc(-c3cnn(C)c3)nc2n1. The predicted octanol–water partition coefficient (Wildman–Crippen LogP) is 9.24. The summed E-state index contributed by atoms with van der Waals surface area (Å²) in [7, 11) is 5.05. The average molecular weight is 826 g/mol. The van der Waals surface area contributed by atoms with Crippen molar-refractivity contribution in [2.24, 2.45) is 7.05 Å². The maximum Gasteiger partial charge on any atom is 0.324 e. The van der Waals surface area contributed by atoms with Gasteiger partial charge in [0, 0.05) is 30.9 Å². The fraction of sp³-hybridized carbons (Fsp3) is 0.245. The largest absolute Gasteiger partial charge is 0.493 e. The molecule has 313 valence electrons. The number of ether oxygens (including phenoxy) is 2. The number of hydrogen-bond donors (Lipinski definition) is 1. The second-order valence-corrected chi connectivity index (χ2v) is 15.2. The summed E-state index contributed by atoms with van der Waals surface area (Å²) in [6.07, 6.45) is 13.3. The molecule has 5 aromatic heterocycles. The van der Waals surface area contributed by atoms with E-state index >= 15 is 4.79 Å². The first-order chi connectivity index (χ1) is 30.3. The molecule has 62 heavy (non-hydrogen) atoms. The first-order valence-electron chi connectivity index (χ1n) is 20.8. The number of aromatic nitrogens is 8. The molecule has 0 aliphatic heterocycles. The number of carbonyl (C=O) groups is 1. The highest BCUT2D eigenvalue weighted by molar-refractivity contribution is 5.95. The van der Waals surface area contributed by atoms with Crippen LogP contribution in [0.5, 0.6) is 11.5 Å². The molecule has 1 atom stereocenters. The number of benzene rings is 3. The van der Waals surface area contributed by atoms with Gasteiger partial charge in [0.25, 0.3) is 0 Å². The lowest BCUT2D eigenvalue weighted by Crippen LogP contribution is -2.55. The number of carbonyl (C=O) groups excluding carboxylic acids is 1. The zero-order valence-corrected chi connectivity index (χ0v) is 35.6. The standard InChI is InChI=1S/C49H49N10O3/c1-6-7-26-49(37-14-9-8-10-15-37,44-24-21-38-46(56-44)54-40(30-51-38)35-20-23-42(61-4)43(28-35)62-5)59(48(60)50-27-12-11-13-34-18-16-33(2)17-19-34)45-25-22-39-47(57-45)55-41(31-52-39)36-29-53-58(3)32-36/h8-10,14-26,28-32H,6-7,11-13,27H2,1-5H3,(H,50,60)/t49-/m1/s1. The third kappa shape index (κ3) is 8.65. The van der Waals surface area contributed by atoms with Crippen molar-refractivity contribution in [3.05, 3.63) is 151 Å². The Morgan fingerprint density at radius 1 is 0.774 bits per heavy atom. The van der Waals surface area contributed by atoms with Gasteiger partial charge in [-0.1, -0.05) is 73.5 Å². The monoisotopic (exact) mass is 825 g/mol. The Labute approximate surface area is 361 Å². The average Bonchev–Trinajstić information content (AvgIpc) is 3.76. The molecule has 1 radical (unpaired) electrons. The second-order valence-electron chi connectivity index (χ2n) is 15.2. The van der Waals surface area contributed by atoms with Crippen LogP contribution in [0.1, 0.15) is 55.0 Å². The number of pyridine rings is 2. The molecule has 0 aliphatic rings. The molecular formula is C49H49N10O3. The summed E-state index contributed by atoms with van der Waals surface area (Å²) in [5.74, 6) is 1.55. The van der Waals surface area contributed by atoms with E-state index in [2.05, 4.69) is 54.9 Å². The summed E-state index contributed by atoms with van der Waals surface area (Å²) in [5.41, 5.74) is 7.39. The van der Waals surface area contributed by atoms with Crippen LogP contribution < -0.4 is 19.7 Å². The van der Waals surface area contributed by atoms with Crippen LogP contribution in [0.15, 0.2) is 122 Å². The van der Waals surface area contributed by atoms with E-state index < -0.39 is 5.54 Å². The molecule has 2 amide bonds. The molecule has 0 saturated carbocycles. The van der Waals surface area contributed by atoms with Gasteiger partial charge in [-0.3, -0.25) is 19.5 Å². The summed E-state index contributed by atoms with van der Waals surface area (Å²) in [6.45, 7) is 4.65. The van der Waals surface area contributed by atoms with E-state index in [4.69, 9.17) is 39.4 Å². The highest BCUT2D eigenvalue weighted by atomic mass is 16.5. The Kier molecular flexibility index (Phi) is 12.4. The molecule has 8 aromatic rings. The van der Waals surface area contributed by atoms with Crippen LogP contribution in [0, 0.1) is 13.3 Å². The number of anilines is 1. The van der Waals surface area contributed by atoms with E-state index in [0.717, 1.165) is 42.4 Å². The van der Waals surface area contributed by atoms with Gasteiger partial charge in [-0.25, -0.2) is 24.7 Å². The molecule has 3 aromatic carbocycles. The topological polar surface area (TPSA) is 146 Å². The maximum atomic E-state index is 15.2. The summed E-state index contributed by atoms with van der Waals surface area (Å²) < 4.78 is 12.8. The zero-order chi connectivity index (χ0) is 43.1. The molecule has 0 spiro atoms. The fourth-order valence-electron chi connectivity index (χ4n) is 7.63. The molecular weight excluding hydrogens is 777 g/mol. The van der Waals surface area contributed by atoms with Crippen molar-refractivity contribution in [2.75, 3.05) is 25.7 Å². The number of aryl methyl sites for hydroxylation is 3. The van der Waals surface area contributed by atoms with Crippen molar-refractivity contribution in [3.8, 4) is 34.0 Å². The van der Waals surface area contributed by atoms with Gasteiger partial charge in [0.15, 0.2) is 22.8 Å². The predicted molar refractivity (Wildman–Crippen MR) is 242 cm³/mol. The van der Waals surface area contributed by atoms with E-state index in [-0.39, 0.29) is 6.03 Å². The Morgan fingerprint density at radius 3 is 2.18 bits per heavy atom. The molecule has 0 saturated heterocycles. The molecule has 5 heterocycles. The van der Waals surface area contributed by atoms with Crippen LogP contribution in [0.25, 0.3) is 44.8 Å². The van der Waals surface area contributed by atoms with Gasteiger partial charge in [-0.2, -0.15) is 5.10 Å². The van der Waals surface area contributed by atoms with Gasteiger partial charge in [0.05, 0.1) is 49.9 Å². The van der Waals surface area contributed by atoms with E-state index in [1.807, 2.05) is 86.0 Å². The lowest BCUT2D eigenvalue weighted by Gasteiger charge is -2.43. The summed E-state index contributed by atoms with van der Waals surface area (Å²) >= 11 is 0. The van der Waals surface area contributed by atoms with Crippen molar-refractivity contribution >= 4 is 34.2 Å². The lowest BCUT2D eigenvalue weighted by molar-refractivity contribution is 0.241. The van der Waals surface area contributed by atoms with Crippen molar-refractivity contribution in [3.63, 3.8) is 0 Å². The van der Waals surface area contributed by atoms with Crippen molar-refractivity contribution in [2.45, 2.75) is 51.5 Å². The first-order valence-corrected chi connectivity index (χ1v) is 20.8. The number of fused-ring (bicyclic) bond motifs is 2. The molecule has 8 rings (SSSR count). The van der Waals surface area contributed by atoms with Gasteiger partial charge >= 0.3 is 6.03 Å². The number of nitrogens with zero attached hydrogens (tertiary/aromatic N) is 9. The number of amides is 2. The summed E-state index contributed by atoms with van der Waals surface area (Å²) in [4.78, 5) is 46.8. The van der Waals surface area contributed by atoms with E-state index in [1.54, 1.807) is 42.4 Å². The normalized spacial score (nSPS) is 12.3. The van der Waals surface area contributed by atoms with Gasteiger partial charge in [0.1, 0.15) is 22.4 Å². The third-order valence-electron chi connectivity index (χ3n) is 10.9. The Balaban J connectivity index is 1.26. The minimum atomic E-state index is -1.28. The van der Waals surface area contributed by atoms with Crippen LogP contribution in [0.4, 0.5) is 10.6 Å². The smallest absolute Gasteiger partial charge is 0.324 e. The number of methoxy groups -OCH3 is 2. The van der Waals surface area contributed by atoms with Crippen LogP contribution in [-0.4, -0.2) is 66.5 Å². The first kappa shape index (κ1) is 41.5. The number of rotatable bonds is 16. The second kappa shape index (κ2) is 18.5. The lowest BCUT2D eigenvalue weighted by atomic mass is 9.79. The Bertz CT molecular complexity index is 2810. The fourth-order valence-corrected chi connectivity index (χ4v) is 7.63. The van der Waals surface area contributed by atoms with E-state index in [0.29, 0.717) is 69.7 Å². The zero-order valence-electron chi connectivity index (χ0n) is 35.6. The number of urea groups is 1. The van der Waals surface area contributed by atoms with Gasteiger partial charge in [0.2, 0.25) is 0 Å². The minimum absolute atomic E-state index is 0.341. The van der Waals surface area contributed by atoms with Crippen LogP contribution >= 0.6 is 0 Å². The molecule has 0 fully saturated rings. The van der Waals surface area contributed by atoms with Crippen LogP contribution in [-0.2, 0) is 19.0 Å². The Hall–Kier alpha value is -7.28. The van der Waals surface area contributed by atoms with Crippen molar-refractivity contribution in [1.29, 1.82) is 0 Å². The van der Waals surface area contributed by atoms with Crippen molar-refractivity contribution < 1.29 is 14.3 Å².